The van der Waals surface area contributed by atoms with Crippen LogP contribution in [0.4, 0.5) is 4.39 Å². The van der Waals surface area contributed by atoms with Crippen molar-refractivity contribution in [2.24, 2.45) is 10.2 Å². The molecule has 2 atom stereocenters. The molecule has 1 amide bonds. The SMILES string of the molecule is CC[C@@]1(c2cccc(-c3ccnc(C)c3)c2)C2=C(CC(C)(C)NC2=O)NC2N=NC(F)=C21. The van der Waals surface area contributed by atoms with Crippen LogP contribution in [0, 0.1) is 6.92 Å². The molecule has 0 saturated carbocycles. The molecule has 0 bridgehead atoms. The molecule has 1 aromatic carbocycles. The number of azo groups is 1. The van der Waals surface area contributed by atoms with E-state index in [0.29, 0.717) is 24.0 Å². The molecular formula is C25H26FN5O. The number of aromatic nitrogens is 1. The quantitative estimate of drug-likeness (QED) is 0.683. The minimum atomic E-state index is -0.961. The lowest BCUT2D eigenvalue weighted by molar-refractivity contribution is -0.120. The molecule has 164 valence electrons. The van der Waals surface area contributed by atoms with Gasteiger partial charge in [0.15, 0.2) is 6.17 Å². The average Bonchev–Trinajstić information content (AvgIpc) is 3.12. The molecule has 2 N–H and O–H groups in total. The van der Waals surface area contributed by atoms with Gasteiger partial charge in [-0.3, -0.25) is 9.78 Å². The lowest BCUT2D eigenvalue weighted by Gasteiger charge is -2.48. The largest absolute Gasteiger partial charge is 0.362 e. The third-order valence-electron chi connectivity index (χ3n) is 6.67. The summed E-state index contributed by atoms with van der Waals surface area (Å²) >= 11 is 0. The summed E-state index contributed by atoms with van der Waals surface area (Å²) in [7, 11) is 0. The number of hydrogen-bond acceptors (Lipinski definition) is 5. The van der Waals surface area contributed by atoms with Crippen molar-refractivity contribution in [3.8, 4) is 11.1 Å². The molecule has 7 heteroatoms. The molecule has 3 aliphatic heterocycles. The van der Waals surface area contributed by atoms with Gasteiger partial charge in [0.25, 0.3) is 5.91 Å². The van der Waals surface area contributed by atoms with Crippen LogP contribution in [0.2, 0.25) is 0 Å². The minimum absolute atomic E-state index is 0.179. The molecule has 2 aromatic rings. The molecule has 0 saturated heterocycles. The number of rotatable bonds is 3. The fourth-order valence-corrected chi connectivity index (χ4v) is 5.36. The molecule has 1 unspecified atom stereocenters. The Balaban J connectivity index is 1.77. The van der Waals surface area contributed by atoms with E-state index >= 15 is 4.39 Å². The van der Waals surface area contributed by atoms with Crippen molar-refractivity contribution < 1.29 is 9.18 Å². The number of fused-ring (bicyclic) bond motifs is 1. The number of benzene rings is 1. The van der Waals surface area contributed by atoms with E-state index in [4.69, 9.17) is 0 Å². The van der Waals surface area contributed by atoms with Crippen LogP contribution in [0.25, 0.3) is 11.1 Å². The first kappa shape index (κ1) is 20.5. The highest BCUT2D eigenvalue weighted by Gasteiger charge is 2.55. The van der Waals surface area contributed by atoms with E-state index < -0.39 is 23.1 Å². The van der Waals surface area contributed by atoms with Crippen molar-refractivity contribution in [2.45, 2.75) is 57.7 Å². The van der Waals surface area contributed by atoms with E-state index in [0.717, 1.165) is 28.1 Å². The Kier molecular flexibility index (Phi) is 4.55. The summed E-state index contributed by atoms with van der Waals surface area (Å²) in [6.07, 6.45) is 2.29. The zero-order valence-corrected chi connectivity index (χ0v) is 18.7. The molecule has 5 rings (SSSR count). The third-order valence-corrected chi connectivity index (χ3v) is 6.67. The second-order valence-electron chi connectivity index (χ2n) is 9.36. The first-order valence-electron chi connectivity index (χ1n) is 10.9. The molecule has 0 radical (unpaired) electrons. The highest BCUT2D eigenvalue weighted by atomic mass is 19.1. The van der Waals surface area contributed by atoms with E-state index in [1.165, 1.54) is 0 Å². The van der Waals surface area contributed by atoms with Crippen molar-refractivity contribution >= 4 is 5.91 Å². The van der Waals surface area contributed by atoms with Crippen LogP contribution in [0.5, 0.6) is 0 Å². The lowest BCUT2D eigenvalue weighted by atomic mass is 9.62. The highest BCUT2D eigenvalue weighted by Crippen LogP contribution is 2.53. The Labute approximate surface area is 186 Å². The first-order chi connectivity index (χ1) is 15.2. The summed E-state index contributed by atoms with van der Waals surface area (Å²) in [5.74, 6) is -0.792. The maximum absolute atomic E-state index is 15.2. The standard InChI is InChI=1S/C25H26FN5O/c1-5-25(17-8-6-7-15(12-17)16-9-10-27-14(2)11-16)19-18(13-24(3,4)29-23(19)32)28-22-20(25)21(26)30-31-22/h6-12,22,28H,5,13H2,1-4H3,(H,29,32)/t22?,25-/m1/s1. The number of nitrogens with one attached hydrogen (secondary N) is 2. The van der Waals surface area contributed by atoms with Gasteiger partial charge in [0.05, 0.1) is 11.0 Å². The van der Waals surface area contributed by atoms with E-state index in [1.807, 2.05) is 58.0 Å². The Morgan fingerprint density at radius 3 is 2.72 bits per heavy atom. The van der Waals surface area contributed by atoms with Crippen LogP contribution in [0.15, 0.2) is 75.6 Å². The van der Waals surface area contributed by atoms with Crippen LogP contribution in [0.3, 0.4) is 0 Å². The first-order valence-corrected chi connectivity index (χ1v) is 10.9. The number of nitrogens with zero attached hydrogens (tertiary/aromatic N) is 3. The fraction of sp³-hybridized carbons (Fsp3) is 0.360. The molecule has 3 aliphatic rings. The summed E-state index contributed by atoms with van der Waals surface area (Å²) in [6, 6.07) is 12.0. The predicted molar refractivity (Wildman–Crippen MR) is 120 cm³/mol. The van der Waals surface area contributed by atoms with Crippen molar-refractivity contribution in [3.63, 3.8) is 0 Å². The van der Waals surface area contributed by atoms with Gasteiger partial charge in [-0.1, -0.05) is 25.1 Å². The number of halogens is 1. The maximum Gasteiger partial charge on any atom is 0.250 e. The zero-order chi connectivity index (χ0) is 22.7. The monoisotopic (exact) mass is 431 g/mol. The van der Waals surface area contributed by atoms with Gasteiger partial charge in [-0.2, -0.15) is 9.50 Å². The van der Waals surface area contributed by atoms with E-state index in [9.17, 15) is 4.79 Å². The molecule has 32 heavy (non-hydrogen) atoms. The predicted octanol–water partition coefficient (Wildman–Crippen LogP) is 4.83. The Hall–Kier alpha value is -3.35. The van der Waals surface area contributed by atoms with Crippen molar-refractivity contribution in [1.29, 1.82) is 0 Å². The molecule has 4 heterocycles. The van der Waals surface area contributed by atoms with Crippen LogP contribution < -0.4 is 10.6 Å². The number of hydrogen-bond donors (Lipinski definition) is 2. The second kappa shape index (κ2) is 7.08. The van der Waals surface area contributed by atoms with Crippen LogP contribution in [-0.4, -0.2) is 22.6 Å². The Morgan fingerprint density at radius 2 is 1.97 bits per heavy atom. The molecule has 1 aromatic heterocycles. The number of pyridine rings is 1. The minimum Gasteiger partial charge on any atom is -0.362 e. The highest BCUT2D eigenvalue weighted by molar-refractivity contribution is 6.00. The summed E-state index contributed by atoms with van der Waals surface area (Å²) in [6.45, 7) is 7.91. The number of carbonyl (C=O) groups excluding carboxylic acids is 1. The molecule has 0 spiro atoms. The molecular weight excluding hydrogens is 405 g/mol. The average molecular weight is 432 g/mol. The summed E-state index contributed by atoms with van der Waals surface area (Å²) in [5, 5.41) is 14.3. The topological polar surface area (TPSA) is 78.7 Å². The summed E-state index contributed by atoms with van der Waals surface area (Å²) in [5.41, 5.74) is 4.21. The molecule has 0 aliphatic carbocycles. The number of amides is 1. The van der Waals surface area contributed by atoms with Crippen molar-refractivity contribution in [1.82, 2.24) is 15.6 Å². The Bertz CT molecular complexity index is 1230. The van der Waals surface area contributed by atoms with Gasteiger partial charge in [-0.15, -0.1) is 5.11 Å². The number of carbonyl (C=O) groups is 1. The molecule has 6 nitrogen and oxygen atoms in total. The second-order valence-corrected chi connectivity index (χ2v) is 9.36. The van der Waals surface area contributed by atoms with E-state index in [2.05, 4.69) is 31.9 Å². The fourth-order valence-electron chi connectivity index (χ4n) is 5.36. The van der Waals surface area contributed by atoms with Gasteiger partial charge in [0.1, 0.15) is 0 Å². The van der Waals surface area contributed by atoms with Crippen LogP contribution >= 0.6 is 0 Å². The zero-order valence-electron chi connectivity index (χ0n) is 18.7. The van der Waals surface area contributed by atoms with E-state index in [1.54, 1.807) is 6.20 Å². The number of aryl methyl sites for hydroxylation is 1. The van der Waals surface area contributed by atoms with Gasteiger partial charge in [-0.05, 0) is 62.1 Å². The Morgan fingerprint density at radius 1 is 1.19 bits per heavy atom. The van der Waals surface area contributed by atoms with Crippen LogP contribution in [-0.2, 0) is 10.2 Å². The lowest BCUT2D eigenvalue weighted by Crippen LogP contribution is -2.58. The van der Waals surface area contributed by atoms with Gasteiger partial charge in [0.2, 0.25) is 5.95 Å². The van der Waals surface area contributed by atoms with Gasteiger partial charge >= 0.3 is 0 Å². The smallest absolute Gasteiger partial charge is 0.250 e. The summed E-state index contributed by atoms with van der Waals surface area (Å²) in [4.78, 5) is 17.8. The van der Waals surface area contributed by atoms with Gasteiger partial charge in [-0.25, -0.2) is 0 Å². The summed E-state index contributed by atoms with van der Waals surface area (Å²) < 4.78 is 15.2. The van der Waals surface area contributed by atoms with Gasteiger partial charge in [0, 0.05) is 35.1 Å². The molecule has 0 fully saturated rings. The van der Waals surface area contributed by atoms with E-state index in [-0.39, 0.29) is 5.91 Å². The normalized spacial score (nSPS) is 25.9. The van der Waals surface area contributed by atoms with Crippen molar-refractivity contribution in [2.75, 3.05) is 0 Å². The maximum atomic E-state index is 15.2. The third kappa shape index (κ3) is 2.98. The van der Waals surface area contributed by atoms with Crippen LogP contribution in [0.1, 0.15) is 44.9 Å². The van der Waals surface area contributed by atoms with Crippen molar-refractivity contribution in [3.05, 3.63) is 76.6 Å². The van der Waals surface area contributed by atoms with Gasteiger partial charge < -0.3 is 10.6 Å².